The van der Waals surface area contributed by atoms with Gasteiger partial charge in [0.05, 0.1) is 31.2 Å². The second kappa shape index (κ2) is 12.4. The molecule has 0 atom stereocenters. The van der Waals surface area contributed by atoms with Crippen LogP contribution in [0.5, 0.6) is 11.5 Å². The molecule has 0 bridgehead atoms. The maximum absolute atomic E-state index is 6.56. The van der Waals surface area contributed by atoms with Crippen molar-refractivity contribution in [1.29, 1.82) is 0 Å². The minimum atomic E-state index is 0.285. The van der Waals surface area contributed by atoms with Crippen molar-refractivity contribution in [2.75, 3.05) is 37.9 Å². The number of pyridine rings is 1. The Morgan fingerprint density at radius 1 is 0.821 bits per heavy atom. The van der Waals surface area contributed by atoms with Gasteiger partial charge in [-0.1, -0.05) is 35.7 Å². The SMILES string of the molecule is COc1cc(OC)c(Cl)c(Nc2ncncc2-c2cc(Nc3ccc(CN4CCCCC4)cn3)ncn2)c1Cl. The molecule has 3 aromatic heterocycles. The number of methoxy groups -OCH3 is 2. The number of ether oxygens (including phenoxy) is 2. The molecule has 0 amide bonds. The number of rotatable bonds is 9. The van der Waals surface area contributed by atoms with Crippen molar-refractivity contribution in [1.82, 2.24) is 29.8 Å². The van der Waals surface area contributed by atoms with Gasteiger partial charge in [-0.3, -0.25) is 4.90 Å². The van der Waals surface area contributed by atoms with Gasteiger partial charge in [0, 0.05) is 31.1 Å². The van der Waals surface area contributed by atoms with Crippen molar-refractivity contribution in [3.8, 4) is 22.8 Å². The van der Waals surface area contributed by atoms with Gasteiger partial charge >= 0.3 is 0 Å². The zero-order valence-corrected chi connectivity index (χ0v) is 23.1. The smallest absolute Gasteiger partial charge is 0.143 e. The van der Waals surface area contributed by atoms with Crippen molar-refractivity contribution in [2.45, 2.75) is 25.8 Å². The van der Waals surface area contributed by atoms with E-state index in [9.17, 15) is 0 Å². The van der Waals surface area contributed by atoms with Gasteiger partial charge < -0.3 is 20.1 Å². The lowest BCUT2D eigenvalue weighted by molar-refractivity contribution is 0.220. The Kier molecular flexibility index (Phi) is 8.55. The minimum Gasteiger partial charge on any atom is -0.495 e. The normalized spacial score (nSPS) is 13.6. The minimum absolute atomic E-state index is 0.285. The topological polar surface area (TPSA) is 110 Å². The fraction of sp³-hybridized carbons (Fsp3) is 0.296. The number of nitrogens with one attached hydrogen (secondary N) is 2. The molecular formula is C27H28Cl2N8O2. The second-order valence-electron chi connectivity index (χ2n) is 9.00. The molecule has 12 heteroatoms. The highest BCUT2D eigenvalue weighted by Crippen LogP contribution is 2.45. The van der Waals surface area contributed by atoms with Crippen molar-refractivity contribution in [3.05, 3.63) is 64.9 Å². The monoisotopic (exact) mass is 566 g/mol. The zero-order valence-electron chi connectivity index (χ0n) is 21.6. The summed E-state index contributed by atoms with van der Waals surface area (Å²) in [4.78, 5) is 24.4. The van der Waals surface area contributed by atoms with E-state index >= 15 is 0 Å². The number of likely N-dealkylation sites (tertiary alicyclic amines) is 1. The molecule has 1 saturated heterocycles. The number of anilines is 4. The molecule has 0 aliphatic carbocycles. The molecule has 0 radical (unpaired) electrons. The molecule has 4 aromatic rings. The molecule has 0 spiro atoms. The average Bonchev–Trinajstić information content (AvgIpc) is 2.97. The summed E-state index contributed by atoms with van der Waals surface area (Å²) in [5.41, 5.74) is 2.77. The molecule has 1 fully saturated rings. The van der Waals surface area contributed by atoms with Gasteiger partial charge in [-0.2, -0.15) is 0 Å². The molecule has 0 saturated carbocycles. The van der Waals surface area contributed by atoms with Crippen LogP contribution in [0.25, 0.3) is 11.3 Å². The number of benzene rings is 1. The van der Waals surface area contributed by atoms with E-state index in [2.05, 4.69) is 46.5 Å². The highest BCUT2D eigenvalue weighted by Gasteiger charge is 2.20. The lowest BCUT2D eigenvalue weighted by atomic mass is 10.1. The molecule has 39 heavy (non-hydrogen) atoms. The van der Waals surface area contributed by atoms with E-state index in [1.807, 2.05) is 12.3 Å². The number of hydrogen-bond acceptors (Lipinski definition) is 10. The predicted molar refractivity (Wildman–Crippen MR) is 153 cm³/mol. The molecule has 1 aromatic carbocycles. The van der Waals surface area contributed by atoms with E-state index in [4.69, 9.17) is 32.7 Å². The van der Waals surface area contributed by atoms with E-state index in [0.29, 0.717) is 45.9 Å². The van der Waals surface area contributed by atoms with Gasteiger partial charge in [0.1, 0.15) is 51.7 Å². The summed E-state index contributed by atoms with van der Waals surface area (Å²) < 4.78 is 10.7. The van der Waals surface area contributed by atoms with Crippen LogP contribution in [-0.2, 0) is 6.54 Å². The summed E-state index contributed by atoms with van der Waals surface area (Å²) in [6, 6.07) is 7.46. The molecule has 0 unspecified atom stereocenters. The number of aromatic nitrogens is 5. The molecule has 1 aliphatic heterocycles. The van der Waals surface area contributed by atoms with Gasteiger partial charge in [0.2, 0.25) is 0 Å². The van der Waals surface area contributed by atoms with Crippen molar-refractivity contribution >= 4 is 46.3 Å². The zero-order chi connectivity index (χ0) is 27.2. The Morgan fingerprint density at radius 3 is 2.28 bits per heavy atom. The van der Waals surface area contributed by atoms with Gasteiger partial charge in [-0.05, 0) is 37.6 Å². The Labute approximate surface area is 236 Å². The third kappa shape index (κ3) is 6.30. The van der Waals surface area contributed by atoms with Crippen LogP contribution in [0.2, 0.25) is 10.0 Å². The Morgan fingerprint density at radius 2 is 1.59 bits per heavy atom. The maximum Gasteiger partial charge on any atom is 0.143 e. The second-order valence-corrected chi connectivity index (χ2v) is 9.75. The maximum atomic E-state index is 6.56. The summed E-state index contributed by atoms with van der Waals surface area (Å²) in [7, 11) is 3.03. The first-order chi connectivity index (χ1) is 19.1. The first kappa shape index (κ1) is 26.9. The first-order valence-corrected chi connectivity index (χ1v) is 13.2. The van der Waals surface area contributed by atoms with Crippen LogP contribution < -0.4 is 20.1 Å². The molecule has 4 heterocycles. The fourth-order valence-electron chi connectivity index (χ4n) is 4.40. The van der Waals surface area contributed by atoms with Gasteiger partial charge in [-0.25, -0.2) is 24.9 Å². The lowest BCUT2D eigenvalue weighted by Gasteiger charge is -2.26. The largest absolute Gasteiger partial charge is 0.495 e. The van der Waals surface area contributed by atoms with Gasteiger partial charge in [-0.15, -0.1) is 0 Å². The molecule has 5 rings (SSSR count). The molecular weight excluding hydrogens is 539 g/mol. The average molecular weight is 567 g/mol. The van der Waals surface area contributed by atoms with Crippen LogP contribution in [0, 0.1) is 0 Å². The van der Waals surface area contributed by atoms with Gasteiger partial charge in [0.15, 0.2) is 0 Å². The standard InChI is InChI=1S/C27H28Cl2N8O2/c1-38-20-11-21(39-2)25(29)26(24(20)28)36-27-18(13-30-15-34-27)19-10-23(33-16-32-19)35-22-7-6-17(12-31-22)14-37-8-4-3-5-9-37/h6-7,10-13,15-16H,3-5,8-9,14H2,1-2H3,(H,30,34,36)(H,31,32,33,35). The lowest BCUT2D eigenvalue weighted by Crippen LogP contribution is -2.29. The summed E-state index contributed by atoms with van der Waals surface area (Å²) in [6.45, 7) is 3.21. The van der Waals surface area contributed by atoms with E-state index < -0.39 is 0 Å². The van der Waals surface area contributed by atoms with Crippen LogP contribution in [-0.4, -0.2) is 57.1 Å². The third-order valence-electron chi connectivity index (χ3n) is 6.41. The van der Waals surface area contributed by atoms with Crippen LogP contribution in [0.3, 0.4) is 0 Å². The van der Waals surface area contributed by atoms with E-state index in [1.54, 1.807) is 18.3 Å². The van der Waals surface area contributed by atoms with Crippen molar-refractivity contribution < 1.29 is 9.47 Å². The van der Waals surface area contributed by atoms with Crippen LogP contribution in [0.4, 0.5) is 23.1 Å². The molecule has 1 aliphatic rings. The molecule has 202 valence electrons. The van der Waals surface area contributed by atoms with Crippen LogP contribution in [0.15, 0.2) is 49.3 Å². The van der Waals surface area contributed by atoms with Crippen LogP contribution >= 0.6 is 23.2 Å². The third-order valence-corrected chi connectivity index (χ3v) is 7.16. The highest BCUT2D eigenvalue weighted by atomic mass is 35.5. The molecule has 2 N–H and O–H groups in total. The van der Waals surface area contributed by atoms with E-state index in [-0.39, 0.29) is 10.0 Å². The van der Waals surface area contributed by atoms with Crippen LogP contribution in [0.1, 0.15) is 24.8 Å². The quantitative estimate of drug-likeness (QED) is 0.245. The van der Waals surface area contributed by atoms with E-state index in [1.165, 1.54) is 51.7 Å². The number of halogens is 2. The molecule has 10 nitrogen and oxygen atoms in total. The number of nitrogens with zero attached hydrogens (tertiary/aromatic N) is 6. The van der Waals surface area contributed by atoms with Crippen molar-refractivity contribution in [3.63, 3.8) is 0 Å². The summed E-state index contributed by atoms with van der Waals surface area (Å²) in [5.74, 6) is 2.50. The number of piperidine rings is 1. The summed E-state index contributed by atoms with van der Waals surface area (Å²) in [6.07, 6.45) is 10.3. The summed E-state index contributed by atoms with van der Waals surface area (Å²) >= 11 is 13.1. The van der Waals surface area contributed by atoms with Crippen molar-refractivity contribution in [2.24, 2.45) is 0 Å². The Hall–Kier alpha value is -3.73. The highest BCUT2D eigenvalue weighted by molar-refractivity contribution is 6.41. The van der Waals surface area contributed by atoms with E-state index in [0.717, 1.165) is 19.6 Å². The first-order valence-electron chi connectivity index (χ1n) is 12.5. The number of hydrogen-bond donors (Lipinski definition) is 2. The predicted octanol–water partition coefficient (Wildman–Crippen LogP) is 6.13. The van der Waals surface area contributed by atoms with Gasteiger partial charge in [0.25, 0.3) is 0 Å². The Balaban J connectivity index is 1.36. The Bertz CT molecular complexity index is 1400. The fourth-order valence-corrected chi connectivity index (χ4v) is 5.00. The summed E-state index contributed by atoms with van der Waals surface area (Å²) in [5, 5.41) is 7.01.